The molecule has 4 heteroatoms. The molecule has 2 N–H and O–H groups in total. The molecule has 1 aliphatic carbocycles. The van der Waals surface area contributed by atoms with Crippen LogP contribution in [-0.2, 0) is 9.59 Å². The van der Waals surface area contributed by atoms with Gasteiger partial charge < -0.3 is 10.6 Å². The number of allylic oxidation sites excluding steroid dienone is 2. The van der Waals surface area contributed by atoms with Gasteiger partial charge in [0, 0.05) is 25.2 Å². The van der Waals surface area contributed by atoms with Crippen LogP contribution in [0, 0.1) is 0 Å². The molecule has 0 radical (unpaired) electrons. The van der Waals surface area contributed by atoms with Crippen molar-refractivity contribution in [1.29, 1.82) is 0 Å². The normalized spacial score (nSPS) is 14.9. The third kappa shape index (κ3) is 5.59. The van der Waals surface area contributed by atoms with E-state index in [1.54, 1.807) is 0 Å². The molecule has 0 fully saturated rings. The number of carbonyl (C=O) groups excluding carboxylic acids is 2. The van der Waals surface area contributed by atoms with Gasteiger partial charge in [0.05, 0.1) is 11.4 Å². The highest BCUT2D eigenvalue weighted by atomic mass is 16.1. The van der Waals surface area contributed by atoms with Crippen LogP contribution in [0.15, 0.2) is 23.5 Å². The van der Waals surface area contributed by atoms with E-state index < -0.39 is 0 Å². The zero-order valence-electron chi connectivity index (χ0n) is 12.6. The maximum Gasteiger partial charge on any atom is 0.203 e. The lowest BCUT2D eigenvalue weighted by Gasteiger charge is -2.15. The number of unbranched alkanes of at least 4 members (excludes halogenated alkanes) is 4. The molecule has 0 aromatic rings. The Bertz CT molecular complexity index is 359. The van der Waals surface area contributed by atoms with Gasteiger partial charge in [-0.3, -0.25) is 9.59 Å². The second-order valence-corrected chi connectivity index (χ2v) is 5.11. The van der Waals surface area contributed by atoms with E-state index in [-0.39, 0.29) is 11.6 Å². The SMILES string of the molecule is CCCCCNC1=CC(=O)C(NCCCCC)=CC1=O. The van der Waals surface area contributed by atoms with E-state index in [1.165, 1.54) is 12.2 Å². The van der Waals surface area contributed by atoms with E-state index in [2.05, 4.69) is 24.5 Å². The average molecular weight is 278 g/mol. The lowest BCUT2D eigenvalue weighted by Crippen LogP contribution is -2.30. The predicted molar refractivity (Wildman–Crippen MR) is 81.2 cm³/mol. The molecule has 0 spiro atoms. The fourth-order valence-electron chi connectivity index (χ4n) is 2.03. The molecular weight excluding hydrogens is 252 g/mol. The molecule has 0 saturated heterocycles. The van der Waals surface area contributed by atoms with E-state index >= 15 is 0 Å². The van der Waals surface area contributed by atoms with Gasteiger partial charge in [0.15, 0.2) is 0 Å². The van der Waals surface area contributed by atoms with Crippen LogP contribution < -0.4 is 10.6 Å². The number of ketones is 2. The van der Waals surface area contributed by atoms with Gasteiger partial charge in [-0.05, 0) is 12.8 Å². The highest BCUT2D eigenvalue weighted by molar-refractivity contribution is 6.19. The Kier molecular flexibility index (Phi) is 7.70. The first-order valence-electron chi connectivity index (χ1n) is 7.68. The van der Waals surface area contributed by atoms with Crippen molar-refractivity contribution in [3.63, 3.8) is 0 Å². The van der Waals surface area contributed by atoms with Crippen LogP contribution in [0.1, 0.15) is 52.4 Å². The van der Waals surface area contributed by atoms with Crippen molar-refractivity contribution in [2.75, 3.05) is 13.1 Å². The highest BCUT2D eigenvalue weighted by Crippen LogP contribution is 2.08. The smallest absolute Gasteiger partial charge is 0.203 e. The minimum absolute atomic E-state index is 0.112. The van der Waals surface area contributed by atoms with Gasteiger partial charge >= 0.3 is 0 Å². The van der Waals surface area contributed by atoms with Crippen LogP contribution in [0.3, 0.4) is 0 Å². The minimum Gasteiger partial charge on any atom is -0.382 e. The Balaban J connectivity index is 2.41. The minimum atomic E-state index is -0.112. The number of rotatable bonds is 10. The lowest BCUT2D eigenvalue weighted by molar-refractivity contribution is -0.115. The molecule has 0 aliphatic heterocycles. The Morgan fingerprint density at radius 1 is 0.750 bits per heavy atom. The van der Waals surface area contributed by atoms with Gasteiger partial charge in [0.1, 0.15) is 0 Å². The molecule has 0 amide bonds. The summed E-state index contributed by atoms with van der Waals surface area (Å²) < 4.78 is 0. The zero-order valence-corrected chi connectivity index (χ0v) is 12.6. The molecule has 0 saturated carbocycles. The summed E-state index contributed by atoms with van der Waals surface area (Å²) in [4.78, 5) is 23.8. The second-order valence-electron chi connectivity index (χ2n) is 5.11. The summed E-state index contributed by atoms with van der Waals surface area (Å²) in [5, 5.41) is 6.10. The molecule has 0 aromatic carbocycles. The predicted octanol–water partition coefficient (Wildman–Crippen LogP) is 2.47. The van der Waals surface area contributed by atoms with E-state index in [1.807, 2.05) is 0 Å². The Labute approximate surface area is 121 Å². The van der Waals surface area contributed by atoms with Crippen molar-refractivity contribution in [2.45, 2.75) is 52.4 Å². The molecular formula is C16H26N2O2. The van der Waals surface area contributed by atoms with Crippen molar-refractivity contribution in [3.05, 3.63) is 23.5 Å². The van der Waals surface area contributed by atoms with Gasteiger partial charge in [-0.1, -0.05) is 39.5 Å². The summed E-state index contributed by atoms with van der Waals surface area (Å²) in [5.74, 6) is -0.224. The first kappa shape index (κ1) is 16.5. The summed E-state index contributed by atoms with van der Waals surface area (Å²) in [6.07, 6.45) is 9.39. The van der Waals surface area contributed by atoms with Gasteiger partial charge in [-0.2, -0.15) is 0 Å². The highest BCUT2D eigenvalue weighted by Gasteiger charge is 2.19. The summed E-state index contributed by atoms with van der Waals surface area (Å²) in [5.41, 5.74) is 0.843. The van der Waals surface area contributed by atoms with E-state index in [4.69, 9.17) is 0 Å². The second kappa shape index (κ2) is 9.34. The third-order valence-corrected chi connectivity index (χ3v) is 3.27. The Hall–Kier alpha value is -1.58. The monoisotopic (exact) mass is 278 g/mol. The van der Waals surface area contributed by atoms with Crippen molar-refractivity contribution in [3.8, 4) is 0 Å². The van der Waals surface area contributed by atoms with Gasteiger partial charge in [-0.25, -0.2) is 0 Å². The molecule has 4 nitrogen and oxygen atoms in total. The summed E-state index contributed by atoms with van der Waals surface area (Å²) in [6.45, 7) is 5.75. The first-order valence-corrected chi connectivity index (χ1v) is 7.68. The number of nitrogens with one attached hydrogen (secondary N) is 2. The van der Waals surface area contributed by atoms with E-state index in [0.29, 0.717) is 11.4 Å². The molecule has 0 unspecified atom stereocenters. The largest absolute Gasteiger partial charge is 0.382 e. The molecule has 112 valence electrons. The zero-order chi connectivity index (χ0) is 14.8. The fraction of sp³-hybridized carbons (Fsp3) is 0.625. The van der Waals surface area contributed by atoms with Crippen LogP contribution in [-0.4, -0.2) is 24.7 Å². The maximum atomic E-state index is 11.9. The van der Waals surface area contributed by atoms with Crippen LogP contribution in [0.2, 0.25) is 0 Å². The van der Waals surface area contributed by atoms with Crippen LogP contribution in [0.25, 0.3) is 0 Å². The lowest BCUT2D eigenvalue weighted by atomic mass is 10.1. The standard InChI is InChI=1S/C16H26N2O2/c1-3-5-7-9-17-13-11-16(20)14(12-15(13)19)18-10-8-6-4-2/h11-12,17-18H,3-10H2,1-2H3. The van der Waals surface area contributed by atoms with Crippen LogP contribution in [0.5, 0.6) is 0 Å². The average Bonchev–Trinajstić information content (AvgIpc) is 2.44. The first-order chi connectivity index (χ1) is 9.69. The van der Waals surface area contributed by atoms with E-state index in [0.717, 1.165) is 51.6 Å². The van der Waals surface area contributed by atoms with E-state index in [9.17, 15) is 9.59 Å². The van der Waals surface area contributed by atoms with Crippen LogP contribution in [0.4, 0.5) is 0 Å². The van der Waals surface area contributed by atoms with Crippen LogP contribution >= 0.6 is 0 Å². The molecule has 20 heavy (non-hydrogen) atoms. The van der Waals surface area contributed by atoms with Crippen molar-refractivity contribution in [1.82, 2.24) is 10.6 Å². The third-order valence-electron chi connectivity index (χ3n) is 3.27. The Morgan fingerprint density at radius 3 is 1.50 bits per heavy atom. The molecule has 0 aromatic heterocycles. The van der Waals surface area contributed by atoms with Crippen molar-refractivity contribution in [2.24, 2.45) is 0 Å². The molecule has 0 bridgehead atoms. The number of hydrogen-bond donors (Lipinski definition) is 2. The topological polar surface area (TPSA) is 58.2 Å². The maximum absolute atomic E-state index is 11.9. The summed E-state index contributed by atoms with van der Waals surface area (Å²) in [7, 11) is 0. The van der Waals surface area contributed by atoms with Gasteiger partial charge in [0.25, 0.3) is 0 Å². The van der Waals surface area contributed by atoms with Gasteiger partial charge in [0.2, 0.25) is 11.6 Å². The molecule has 1 rings (SSSR count). The number of carbonyl (C=O) groups is 2. The molecule has 1 aliphatic rings. The number of hydrogen-bond acceptors (Lipinski definition) is 4. The van der Waals surface area contributed by atoms with Gasteiger partial charge in [-0.15, -0.1) is 0 Å². The Morgan fingerprint density at radius 2 is 1.15 bits per heavy atom. The molecule has 0 heterocycles. The summed E-state index contributed by atoms with van der Waals surface area (Å²) >= 11 is 0. The summed E-state index contributed by atoms with van der Waals surface area (Å²) in [6, 6.07) is 0. The quantitative estimate of drug-likeness (QED) is 0.476. The van der Waals surface area contributed by atoms with Crippen molar-refractivity contribution < 1.29 is 9.59 Å². The molecule has 0 atom stereocenters. The van der Waals surface area contributed by atoms with Crippen molar-refractivity contribution >= 4 is 11.6 Å². The fourth-order valence-corrected chi connectivity index (χ4v) is 2.03.